The lowest BCUT2D eigenvalue weighted by molar-refractivity contribution is -0.121. The Morgan fingerprint density at radius 1 is 1.15 bits per heavy atom. The fourth-order valence-electron chi connectivity index (χ4n) is 3.38. The van der Waals surface area contributed by atoms with E-state index in [-0.39, 0.29) is 18.9 Å². The number of fused-ring (bicyclic) bond motifs is 1. The summed E-state index contributed by atoms with van der Waals surface area (Å²) >= 11 is 0. The summed E-state index contributed by atoms with van der Waals surface area (Å²) in [5, 5.41) is 2.88. The molecule has 7 heteroatoms. The average molecular weight is 366 g/mol. The second-order valence-corrected chi connectivity index (χ2v) is 6.73. The molecule has 1 fully saturated rings. The summed E-state index contributed by atoms with van der Waals surface area (Å²) < 4.78 is 6.66. The van der Waals surface area contributed by atoms with E-state index < -0.39 is 5.76 Å². The van der Waals surface area contributed by atoms with Gasteiger partial charge in [0.05, 0.1) is 5.52 Å². The number of pyridine rings is 1. The Morgan fingerprint density at radius 3 is 2.74 bits per heavy atom. The average Bonchev–Trinajstić information content (AvgIpc) is 3.33. The number of oxazole rings is 1. The summed E-state index contributed by atoms with van der Waals surface area (Å²) in [5.41, 5.74) is 2.20. The minimum atomic E-state index is -0.439. The minimum absolute atomic E-state index is 0.115. The number of aromatic nitrogens is 2. The number of hydrogen-bond acceptors (Lipinski definition) is 5. The van der Waals surface area contributed by atoms with E-state index in [1.54, 1.807) is 6.07 Å². The van der Waals surface area contributed by atoms with Crippen molar-refractivity contribution in [1.29, 1.82) is 0 Å². The first-order valence-corrected chi connectivity index (χ1v) is 9.26. The number of hydrogen-bond donors (Lipinski definition) is 1. The fourth-order valence-corrected chi connectivity index (χ4v) is 3.38. The van der Waals surface area contributed by atoms with Gasteiger partial charge < -0.3 is 14.6 Å². The van der Waals surface area contributed by atoms with Crippen molar-refractivity contribution in [3.05, 3.63) is 58.7 Å². The lowest BCUT2D eigenvalue weighted by atomic mass is 10.2. The third-order valence-electron chi connectivity index (χ3n) is 4.87. The van der Waals surface area contributed by atoms with Gasteiger partial charge in [-0.3, -0.25) is 9.36 Å². The number of anilines is 1. The number of nitrogens with zero attached hydrogens (tertiary/aromatic N) is 3. The molecule has 1 aromatic carbocycles. The molecule has 0 saturated carbocycles. The molecule has 1 amide bonds. The van der Waals surface area contributed by atoms with Crippen LogP contribution in [0.25, 0.3) is 11.1 Å². The van der Waals surface area contributed by atoms with Crippen LogP contribution in [0.4, 0.5) is 5.82 Å². The van der Waals surface area contributed by atoms with Crippen molar-refractivity contribution in [2.24, 2.45) is 0 Å². The Morgan fingerprint density at radius 2 is 1.96 bits per heavy atom. The Bertz CT molecular complexity index is 984. The van der Waals surface area contributed by atoms with Crippen LogP contribution >= 0.6 is 0 Å². The summed E-state index contributed by atoms with van der Waals surface area (Å²) in [6.07, 6.45) is 4.45. The SMILES string of the molecule is O=C(CCn1c(=O)oc2ccccc21)NCc1ccc(N2CCCC2)nc1. The molecule has 0 radical (unpaired) electrons. The van der Waals surface area contributed by atoms with Crippen LogP contribution in [-0.4, -0.2) is 28.5 Å². The summed E-state index contributed by atoms with van der Waals surface area (Å²) in [5.74, 6) is 0.440. The van der Waals surface area contributed by atoms with Crippen molar-refractivity contribution >= 4 is 22.8 Å². The monoisotopic (exact) mass is 366 g/mol. The summed E-state index contributed by atoms with van der Waals surface area (Å²) in [4.78, 5) is 30.8. The van der Waals surface area contributed by atoms with Crippen LogP contribution in [0.15, 0.2) is 51.8 Å². The molecule has 3 heterocycles. The number of benzene rings is 1. The van der Waals surface area contributed by atoms with Crippen LogP contribution in [0, 0.1) is 0 Å². The molecule has 140 valence electrons. The second-order valence-electron chi connectivity index (χ2n) is 6.73. The van der Waals surface area contributed by atoms with Crippen LogP contribution in [0.1, 0.15) is 24.8 Å². The molecule has 0 spiro atoms. The van der Waals surface area contributed by atoms with Gasteiger partial charge >= 0.3 is 5.76 Å². The summed E-state index contributed by atoms with van der Waals surface area (Å²) in [6.45, 7) is 2.83. The van der Waals surface area contributed by atoms with E-state index >= 15 is 0 Å². The van der Waals surface area contributed by atoms with Crippen LogP contribution in [-0.2, 0) is 17.9 Å². The second kappa shape index (κ2) is 7.65. The number of para-hydroxylation sites is 2. The third-order valence-corrected chi connectivity index (χ3v) is 4.87. The van der Waals surface area contributed by atoms with Gasteiger partial charge in [-0.05, 0) is 36.6 Å². The molecule has 0 unspecified atom stereocenters. The molecule has 27 heavy (non-hydrogen) atoms. The first-order valence-electron chi connectivity index (χ1n) is 9.26. The molecular formula is C20H22N4O3. The molecule has 0 bridgehead atoms. The lowest BCUT2D eigenvalue weighted by Crippen LogP contribution is -2.26. The largest absolute Gasteiger partial charge is 0.419 e. The van der Waals surface area contributed by atoms with E-state index in [2.05, 4.69) is 15.2 Å². The third kappa shape index (κ3) is 3.86. The van der Waals surface area contributed by atoms with Gasteiger partial charge in [-0.2, -0.15) is 0 Å². The predicted octanol–water partition coefficient (Wildman–Crippen LogP) is 2.30. The molecule has 2 aromatic heterocycles. The van der Waals surface area contributed by atoms with Crippen molar-refractivity contribution in [2.45, 2.75) is 32.4 Å². The standard InChI is InChI=1S/C20H22N4O3/c25-19(9-12-24-16-5-1-2-6-17(16)27-20(24)26)22-14-15-7-8-18(21-13-15)23-10-3-4-11-23/h1-2,5-8,13H,3-4,9-12,14H2,(H,22,25). The van der Waals surface area contributed by atoms with Gasteiger partial charge in [0.15, 0.2) is 5.58 Å². The highest BCUT2D eigenvalue weighted by molar-refractivity contribution is 5.76. The van der Waals surface area contributed by atoms with E-state index in [9.17, 15) is 9.59 Å². The quantitative estimate of drug-likeness (QED) is 0.724. The highest BCUT2D eigenvalue weighted by Crippen LogP contribution is 2.17. The van der Waals surface area contributed by atoms with Gasteiger partial charge in [0.1, 0.15) is 5.82 Å². The predicted molar refractivity (Wildman–Crippen MR) is 103 cm³/mol. The van der Waals surface area contributed by atoms with Crippen molar-refractivity contribution in [1.82, 2.24) is 14.9 Å². The topological polar surface area (TPSA) is 80.4 Å². The van der Waals surface area contributed by atoms with Gasteiger partial charge in [0.2, 0.25) is 5.91 Å². The molecule has 0 atom stereocenters. The van der Waals surface area contributed by atoms with Crippen LogP contribution in [0.5, 0.6) is 0 Å². The molecular weight excluding hydrogens is 344 g/mol. The number of aryl methyl sites for hydroxylation is 1. The zero-order chi connectivity index (χ0) is 18.6. The maximum absolute atomic E-state index is 12.1. The number of carbonyl (C=O) groups is 1. The van der Waals surface area contributed by atoms with E-state index in [1.807, 2.05) is 36.5 Å². The Kier molecular flexibility index (Phi) is 4.91. The molecule has 3 aromatic rings. The fraction of sp³-hybridized carbons (Fsp3) is 0.350. The van der Waals surface area contributed by atoms with Gasteiger partial charge in [-0.15, -0.1) is 0 Å². The Hall–Kier alpha value is -3.09. The summed E-state index contributed by atoms with van der Waals surface area (Å²) in [7, 11) is 0. The van der Waals surface area contributed by atoms with Gasteiger partial charge in [0, 0.05) is 38.8 Å². The van der Waals surface area contributed by atoms with E-state index in [1.165, 1.54) is 17.4 Å². The van der Waals surface area contributed by atoms with Crippen molar-refractivity contribution in [3.63, 3.8) is 0 Å². The number of rotatable bonds is 6. The first-order chi connectivity index (χ1) is 13.2. The van der Waals surface area contributed by atoms with E-state index in [0.717, 1.165) is 24.5 Å². The van der Waals surface area contributed by atoms with E-state index in [4.69, 9.17) is 4.42 Å². The van der Waals surface area contributed by atoms with Crippen LogP contribution in [0.2, 0.25) is 0 Å². The lowest BCUT2D eigenvalue weighted by Gasteiger charge is -2.16. The molecule has 1 saturated heterocycles. The number of nitrogens with one attached hydrogen (secondary N) is 1. The Labute approximate surface area is 156 Å². The molecule has 4 rings (SSSR count). The zero-order valence-corrected chi connectivity index (χ0v) is 15.1. The zero-order valence-electron chi connectivity index (χ0n) is 15.1. The van der Waals surface area contributed by atoms with Crippen molar-refractivity contribution in [3.8, 4) is 0 Å². The van der Waals surface area contributed by atoms with Crippen LogP contribution < -0.4 is 16.0 Å². The van der Waals surface area contributed by atoms with Crippen molar-refractivity contribution in [2.75, 3.05) is 18.0 Å². The molecule has 1 aliphatic rings. The maximum Gasteiger partial charge on any atom is 0.419 e. The normalized spacial score (nSPS) is 14.0. The van der Waals surface area contributed by atoms with Gasteiger partial charge in [0.25, 0.3) is 0 Å². The van der Waals surface area contributed by atoms with Crippen molar-refractivity contribution < 1.29 is 9.21 Å². The number of amides is 1. The summed E-state index contributed by atoms with van der Waals surface area (Å²) in [6, 6.07) is 11.2. The molecule has 7 nitrogen and oxygen atoms in total. The number of carbonyl (C=O) groups excluding carboxylic acids is 1. The van der Waals surface area contributed by atoms with Gasteiger partial charge in [-0.25, -0.2) is 9.78 Å². The van der Waals surface area contributed by atoms with E-state index in [0.29, 0.717) is 17.6 Å². The molecule has 1 aliphatic heterocycles. The smallest absolute Gasteiger partial charge is 0.408 e. The highest BCUT2D eigenvalue weighted by atomic mass is 16.4. The minimum Gasteiger partial charge on any atom is -0.408 e. The van der Waals surface area contributed by atoms with Crippen LogP contribution in [0.3, 0.4) is 0 Å². The maximum atomic E-state index is 12.1. The Balaban J connectivity index is 1.30. The first kappa shape index (κ1) is 17.3. The molecule has 0 aliphatic carbocycles. The highest BCUT2D eigenvalue weighted by Gasteiger charge is 2.13. The van der Waals surface area contributed by atoms with Gasteiger partial charge in [-0.1, -0.05) is 18.2 Å². The molecule has 1 N–H and O–H groups in total.